The predicted molar refractivity (Wildman–Crippen MR) is 146 cm³/mol. The molecule has 2 aliphatic rings. The highest BCUT2D eigenvalue weighted by atomic mass is 32.2. The number of H-pyrrole nitrogens is 1. The number of nitrogens with zero attached hydrogens (tertiary/aromatic N) is 3. The first-order valence-corrected chi connectivity index (χ1v) is 15.1. The summed E-state index contributed by atoms with van der Waals surface area (Å²) in [5, 5.41) is 29.7. The normalized spacial score (nSPS) is 21.1. The van der Waals surface area contributed by atoms with Crippen LogP contribution in [0.5, 0.6) is 0 Å². The maximum Gasteiger partial charge on any atom is 0.352 e. The molecule has 5 N–H and O–H groups in total. The maximum atomic E-state index is 13.5. The third kappa shape index (κ3) is 6.08. The molecule has 1 saturated heterocycles. The summed E-state index contributed by atoms with van der Waals surface area (Å²) in [6.45, 7) is 2.53. The van der Waals surface area contributed by atoms with Gasteiger partial charge in [0.2, 0.25) is 0 Å². The minimum atomic E-state index is -1.79. The lowest BCUT2D eigenvalue weighted by molar-refractivity contribution is -0.192. The zero-order valence-electron chi connectivity index (χ0n) is 21.3. The van der Waals surface area contributed by atoms with E-state index >= 15 is 0 Å². The Kier molecular flexibility index (Phi) is 9.53. The molecule has 0 saturated carbocycles. The van der Waals surface area contributed by atoms with E-state index in [1.54, 1.807) is 17.5 Å². The number of methoxy groups -OCH3 is 1. The number of hydrogen-bond donors (Lipinski definition) is 5. The van der Waals surface area contributed by atoms with E-state index in [1.807, 2.05) is 0 Å². The third-order valence-electron chi connectivity index (χ3n) is 6.17. The molecule has 2 aliphatic heterocycles. The van der Waals surface area contributed by atoms with E-state index in [0.717, 1.165) is 24.2 Å². The van der Waals surface area contributed by atoms with Crippen molar-refractivity contribution in [2.75, 3.05) is 25.2 Å². The molecule has 0 bridgehead atoms. The van der Waals surface area contributed by atoms with Gasteiger partial charge in [0.15, 0.2) is 0 Å². The number of carbonyl (C=O) groups excluding carboxylic acids is 3. The molecule has 4 rings (SSSR count). The van der Waals surface area contributed by atoms with Crippen molar-refractivity contribution in [1.29, 1.82) is 0 Å². The number of β-lactam (4-membered cyclic amide) rings is 1. The highest BCUT2D eigenvalue weighted by molar-refractivity contribution is 8.01. The number of thioether (sulfide) groups is 2. The molecule has 1 fully saturated rings. The first kappa shape index (κ1) is 28.9. The van der Waals surface area contributed by atoms with Crippen molar-refractivity contribution in [3.63, 3.8) is 0 Å². The topological polar surface area (TPSA) is 179 Å². The number of carboxylic acids is 1. The summed E-state index contributed by atoms with van der Waals surface area (Å²) in [7, 11) is 1.28. The van der Waals surface area contributed by atoms with Gasteiger partial charge < -0.3 is 25.8 Å². The average Bonchev–Trinajstić information content (AvgIpc) is 3.65. The van der Waals surface area contributed by atoms with Gasteiger partial charge in [0.1, 0.15) is 22.1 Å². The summed E-state index contributed by atoms with van der Waals surface area (Å²) in [5.41, 5.74) is -1.38. The molecule has 13 nitrogen and oxygen atoms in total. The number of carbonyl (C=O) groups is 4. The van der Waals surface area contributed by atoms with Gasteiger partial charge in [-0.3, -0.25) is 19.6 Å². The Labute approximate surface area is 236 Å². The monoisotopic (exact) mass is 595 g/mol. The summed E-state index contributed by atoms with van der Waals surface area (Å²) >= 11 is 3.89. The fourth-order valence-electron chi connectivity index (χ4n) is 4.21. The van der Waals surface area contributed by atoms with E-state index in [2.05, 4.69) is 38.3 Å². The van der Waals surface area contributed by atoms with Gasteiger partial charge in [-0.2, -0.15) is 0 Å². The Morgan fingerprint density at radius 3 is 2.85 bits per heavy atom. The minimum absolute atomic E-state index is 0.134. The van der Waals surface area contributed by atoms with Crippen LogP contribution in [0.4, 0.5) is 4.79 Å². The van der Waals surface area contributed by atoms with Crippen molar-refractivity contribution in [2.45, 2.75) is 48.4 Å². The number of nitrogens with one attached hydrogen (secondary N) is 4. The lowest BCUT2D eigenvalue weighted by Gasteiger charge is -2.56. The number of fused-ring (bicyclic) bond motifs is 1. The van der Waals surface area contributed by atoms with Gasteiger partial charge in [-0.1, -0.05) is 31.0 Å². The van der Waals surface area contributed by atoms with Crippen LogP contribution in [0.1, 0.15) is 37.1 Å². The SMILES string of the molecule is CCCCCNC(=O)NC(C(=O)N[C@]1(OC)C(=O)N2C(C(=O)O)=C(CSc3cnn[nH]3)CSC21)c1cccs1. The summed E-state index contributed by atoms with van der Waals surface area (Å²) in [6, 6.07) is 1.87. The molecule has 39 heavy (non-hydrogen) atoms. The summed E-state index contributed by atoms with van der Waals surface area (Å²) in [4.78, 5) is 53.4. The predicted octanol–water partition coefficient (Wildman–Crippen LogP) is 1.90. The Morgan fingerprint density at radius 2 is 2.21 bits per heavy atom. The lowest BCUT2D eigenvalue weighted by Crippen LogP contribution is -2.81. The number of aromatic nitrogens is 3. The van der Waals surface area contributed by atoms with E-state index in [-0.39, 0.29) is 5.70 Å². The number of rotatable bonds is 13. The van der Waals surface area contributed by atoms with E-state index in [1.165, 1.54) is 48.2 Å². The average molecular weight is 596 g/mol. The Bertz CT molecular complexity index is 1220. The molecule has 2 unspecified atom stereocenters. The van der Waals surface area contributed by atoms with E-state index in [0.29, 0.717) is 33.5 Å². The van der Waals surface area contributed by atoms with Gasteiger partial charge in [0, 0.05) is 30.0 Å². The van der Waals surface area contributed by atoms with Crippen LogP contribution >= 0.6 is 34.9 Å². The Balaban J connectivity index is 1.50. The Morgan fingerprint density at radius 1 is 1.38 bits per heavy atom. The fourth-order valence-corrected chi connectivity index (χ4v) is 7.35. The summed E-state index contributed by atoms with van der Waals surface area (Å²) in [6.07, 6.45) is 4.31. The first-order valence-electron chi connectivity index (χ1n) is 12.2. The van der Waals surface area contributed by atoms with Crippen LogP contribution in [0, 0.1) is 0 Å². The zero-order valence-corrected chi connectivity index (χ0v) is 23.7. The van der Waals surface area contributed by atoms with Crippen molar-refractivity contribution in [3.8, 4) is 0 Å². The number of amides is 4. The number of hydrogen-bond acceptors (Lipinski definition) is 10. The molecule has 0 aliphatic carbocycles. The summed E-state index contributed by atoms with van der Waals surface area (Å²) in [5.74, 6) is -1.99. The van der Waals surface area contributed by atoms with E-state index in [9.17, 15) is 24.3 Å². The second-order valence-electron chi connectivity index (χ2n) is 8.69. The molecule has 0 radical (unpaired) electrons. The molecule has 4 heterocycles. The standard InChI is InChI=1S/C23H29N7O6S3/c1-3-4-5-8-24-22(35)26-16(14-7-6-9-37-14)18(31)27-23(36-2)20(34)30-17(19(32)33)13(12-39-21(23)30)11-38-15-10-25-29-28-15/h6-7,9-10,16,21H,3-5,8,11-12H2,1-2H3,(H,27,31)(H,32,33)(H2,24,26,35)(H,25,28,29)/t16?,21?,23-/m0/s1. The molecule has 2 aromatic rings. The van der Waals surface area contributed by atoms with Gasteiger partial charge in [-0.05, 0) is 23.4 Å². The minimum Gasteiger partial charge on any atom is -0.477 e. The highest BCUT2D eigenvalue weighted by Crippen LogP contribution is 2.47. The number of carboxylic acid groups (broad SMARTS) is 1. The fraction of sp³-hybridized carbons (Fsp3) is 0.478. The third-order valence-corrected chi connectivity index (χ3v) is 9.48. The maximum absolute atomic E-state index is 13.5. The van der Waals surface area contributed by atoms with Crippen LogP contribution in [0.15, 0.2) is 40.0 Å². The van der Waals surface area contributed by atoms with Crippen molar-refractivity contribution in [3.05, 3.63) is 39.9 Å². The number of thiophene rings is 1. The van der Waals surface area contributed by atoms with Gasteiger partial charge >= 0.3 is 12.0 Å². The van der Waals surface area contributed by atoms with Crippen LogP contribution in [-0.4, -0.2) is 85.5 Å². The van der Waals surface area contributed by atoms with Gasteiger partial charge in [0.25, 0.3) is 17.5 Å². The smallest absolute Gasteiger partial charge is 0.352 e. The van der Waals surface area contributed by atoms with Crippen LogP contribution in [0.25, 0.3) is 0 Å². The van der Waals surface area contributed by atoms with Crippen LogP contribution in [0.3, 0.4) is 0 Å². The van der Waals surface area contributed by atoms with Crippen molar-refractivity contribution >= 4 is 58.7 Å². The van der Waals surface area contributed by atoms with Crippen molar-refractivity contribution < 1.29 is 29.0 Å². The van der Waals surface area contributed by atoms with Crippen molar-refractivity contribution in [1.82, 2.24) is 36.3 Å². The molecule has 0 aromatic carbocycles. The number of urea groups is 1. The first-order chi connectivity index (χ1) is 18.8. The molecular formula is C23H29N7O6S3. The second-order valence-corrected chi connectivity index (χ2v) is 11.8. The highest BCUT2D eigenvalue weighted by Gasteiger charge is 2.67. The Hall–Kier alpha value is -3.08. The van der Waals surface area contributed by atoms with Crippen LogP contribution in [-0.2, 0) is 19.1 Å². The van der Waals surface area contributed by atoms with Crippen LogP contribution in [0.2, 0.25) is 0 Å². The number of aromatic amines is 1. The number of aliphatic carboxylic acids is 1. The molecule has 16 heteroatoms. The van der Waals surface area contributed by atoms with E-state index in [4.69, 9.17) is 4.74 Å². The van der Waals surface area contributed by atoms with Gasteiger partial charge in [-0.15, -0.1) is 40.0 Å². The van der Waals surface area contributed by atoms with Crippen LogP contribution < -0.4 is 16.0 Å². The van der Waals surface area contributed by atoms with Gasteiger partial charge in [0.05, 0.1) is 6.20 Å². The molecule has 3 atom stereocenters. The quantitative estimate of drug-likeness (QED) is 0.0994. The molecule has 0 spiro atoms. The van der Waals surface area contributed by atoms with Crippen molar-refractivity contribution in [2.24, 2.45) is 0 Å². The number of unbranched alkanes of at least 4 members (excludes halogenated alkanes) is 2. The summed E-state index contributed by atoms with van der Waals surface area (Å²) < 4.78 is 5.56. The van der Waals surface area contributed by atoms with Gasteiger partial charge in [-0.25, -0.2) is 9.59 Å². The molecule has 210 valence electrons. The molecule has 4 amide bonds. The second kappa shape index (κ2) is 12.8. The number of ether oxygens (including phenoxy) is 1. The van der Waals surface area contributed by atoms with E-state index < -0.39 is 41.0 Å². The zero-order chi connectivity index (χ0) is 28.0. The largest absolute Gasteiger partial charge is 0.477 e. The molecular weight excluding hydrogens is 566 g/mol. The molecule has 2 aromatic heterocycles. The lowest BCUT2D eigenvalue weighted by atomic mass is 9.97.